The molecule has 0 unspecified atom stereocenters. The maximum atomic E-state index is 6.81. The lowest BCUT2D eigenvalue weighted by atomic mass is 9.46. The number of hydrogen-bond donors (Lipinski definition) is 0. The third kappa shape index (κ3) is 2.84. The lowest BCUT2D eigenvalue weighted by molar-refractivity contribution is 0.650. The van der Waals surface area contributed by atoms with Crippen molar-refractivity contribution < 1.29 is 4.42 Å². The van der Waals surface area contributed by atoms with E-state index in [9.17, 15) is 0 Å². The summed E-state index contributed by atoms with van der Waals surface area (Å²) in [6.45, 7) is 2.11. The van der Waals surface area contributed by atoms with Crippen LogP contribution in [0.15, 0.2) is 126 Å². The lowest BCUT2D eigenvalue weighted by Gasteiger charge is -2.43. The molecular formula is C33H23BN2O. The fourth-order valence-electron chi connectivity index (χ4n) is 6.21. The first-order valence-electron chi connectivity index (χ1n) is 12.7. The molecule has 1 aromatic heterocycles. The average Bonchev–Trinajstić information content (AvgIpc) is 3.33. The summed E-state index contributed by atoms with van der Waals surface area (Å²) >= 11 is 0. The van der Waals surface area contributed by atoms with Crippen molar-refractivity contribution in [3.63, 3.8) is 0 Å². The van der Waals surface area contributed by atoms with Gasteiger partial charge in [0, 0.05) is 33.7 Å². The zero-order valence-electron chi connectivity index (χ0n) is 20.4. The monoisotopic (exact) mass is 474 g/mol. The number of furan rings is 1. The van der Waals surface area contributed by atoms with E-state index in [4.69, 9.17) is 4.42 Å². The van der Waals surface area contributed by atoms with Crippen molar-refractivity contribution in [3.8, 4) is 11.1 Å². The van der Waals surface area contributed by atoms with Crippen molar-refractivity contribution in [2.45, 2.75) is 6.92 Å². The Morgan fingerprint density at radius 2 is 1.30 bits per heavy atom. The first-order valence-corrected chi connectivity index (χ1v) is 12.7. The van der Waals surface area contributed by atoms with Crippen molar-refractivity contribution in [2.75, 3.05) is 9.71 Å². The summed E-state index contributed by atoms with van der Waals surface area (Å²) in [6.07, 6.45) is 0. The molecule has 4 heteroatoms. The molecule has 0 radical (unpaired) electrons. The number of anilines is 5. The fourth-order valence-corrected chi connectivity index (χ4v) is 6.21. The Balaban J connectivity index is 1.55. The molecule has 0 atom stereocenters. The van der Waals surface area contributed by atoms with E-state index in [0.717, 1.165) is 33.7 Å². The van der Waals surface area contributed by atoms with Crippen LogP contribution in [-0.4, -0.2) is 6.85 Å². The standard InChI is InChI=1S/C33H23BN2O/c1-22-20-27-25-16-8-10-18-28(25)36(24-14-6-3-7-15-24)34-31(27)29(21-22)35(23-12-4-2-5-13-23)32-26-17-9-11-19-30(26)37-33(32)34/h2-21H,1H3. The van der Waals surface area contributed by atoms with Crippen LogP contribution < -0.4 is 20.8 Å². The van der Waals surface area contributed by atoms with Gasteiger partial charge < -0.3 is 14.1 Å². The second kappa shape index (κ2) is 7.65. The van der Waals surface area contributed by atoms with Gasteiger partial charge in [0.1, 0.15) is 11.2 Å². The summed E-state index contributed by atoms with van der Waals surface area (Å²) in [5.74, 6) is 0. The molecule has 5 aromatic carbocycles. The van der Waals surface area contributed by atoms with E-state index in [0.29, 0.717) is 0 Å². The molecule has 3 nitrogen and oxygen atoms in total. The zero-order valence-corrected chi connectivity index (χ0v) is 20.4. The molecule has 0 aliphatic carbocycles. The third-order valence-corrected chi connectivity index (χ3v) is 7.65. The summed E-state index contributed by atoms with van der Waals surface area (Å²) in [5.41, 5.74) is 12.7. The summed E-state index contributed by atoms with van der Waals surface area (Å²) < 4.78 is 6.81. The maximum Gasteiger partial charge on any atom is 0.375 e. The zero-order chi connectivity index (χ0) is 24.5. The molecule has 3 heterocycles. The van der Waals surface area contributed by atoms with Crippen LogP contribution in [-0.2, 0) is 0 Å². The van der Waals surface area contributed by atoms with Crippen LogP contribution >= 0.6 is 0 Å². The summed E-state index contributed by atoms with van der Waals surface area (Å²) in [4.78, 5) is 4.86. The highest BCUT2D eigenvalue weighted by molar-refractivity contribution is 6.93. The van der Waals surface area contributed by atoms with Crippen molar-refractivity contribution in [2.24, 2.45) is 0 Å². The number of benzene rings is 5. The number of hydrogen-bond acceptors (Lipinski definition) is 3. The van der Waals surface area contributed by atoms with Gasteiger partial charge in [-0.15, -0.1) is 0 Å². The molecule has 2 aliphatic heterocycles. The van der Waals surface area contributed by atoms with Gasteiger partial charge in [0.2, 0.25) is 0 Å². The van der Waals surface area contributed by atoms with Crippen LogP contribution in [0.5, 0.6) is 0 Å². The molecule has 0 saturated carbocycles. The molecule has 8 rings (SSSR count). The van der Waals surface area contributed by atoms with Crippen LogP contribution in [0, 0.1) is 6.92 Å². The van der Waals surface area contributed by atoms with E-state index in [-0.39, 0.29) is 6.85 Å². The number of aryl methyl sites for hydroxylation is 1. The Morgan fingerprint density at radius 1 is 0.622 bits per heavy atom. The van der Waals surface area contributed by atoms with Gasteiger partial charge in [-0.2, -0.15) is 0 Å². The molecule has 0 bridgehead atoms. The van der Waals surface area contributed by atoms with E-state index in [2.05, 4.69) is 138 Å². The first-order chi connectivity index (χ1) is 18.3. The molecular weight excluding hydrogens is 451 g/mol. The van der Waals surface area contributed by atoms with Crippen molar-refractivity contribution >= 4 is 57.4 Å². The summed E-state index contributed by atoms with van der Waals surface area (Å²) in [6, 6.07) is 43.2. The quantitative estimate of drug-likeness (QED) is 0.243. The van der Waals surface area contributed by atoms with E-state index in [1.54, 1.807) is 0 Å². The third-order valence-electron chi connectivity index (χ3n) is 7.65. The SMILES string of the molecule is Cc1cc2c3c(c1)N(c1ccccc1)c1c(oc4ccccc14)B3N(c1ccccc1)c1ccccc1-2. The van der Waals surface area contributed by atoms with Gasteiger partial charge >= 0.3 is 6.85 Å². The Kier molecular flexibility index (Phi) is 4.24. The Hall–Kier alpha value is -4.70. The largest absolute Gasteiger partial charge is 0.466 e. The number of fused-ring (bicyclic) bond motifs is 6. The molecule has 0 amide bonds. The number of nitrogens with zero attached hydrogens (tertiary/aromatic N) is 2. The molecule has 0 saturated heterocycles. The smallest absolute Gasteiger partial charge is 0.375 e. The highest BCUT2D eigenvalue weighted by Gasteiger charge is 2.48. The van der Waals surface area contributed by atoms with Gasteiger partial charge in [-0.05, 0) is 72.0 Å². The van der Waals surface area contributed by atoms with Crippen LogP contribution in [0.25, 0.3) is 22.1 Å². The van der Waals surface area contributed by atoms with Gasteiger partial charge in [0.05, 0.1) is 5.69 Å². The molecule has 0 fully saturated rings. The van der Waals surface area contributed by atoms with Gasteiger partial charge in [-0.1, -0.05) is 72.8 Å². The second-order valence-corrected chi connectivity index (χ2v) is 9.85. The lowest BCUT2D eigenvalue weighted by Crippen LogP contribution is -2.61. The Labute approximate surface area is 216 Å². The predicted molar refractivity (Wildman–Crippen MR) is 155 cm³/mol. The molecule has 6 aromatic rings. The fraction of sp³-hybridized carbons (Fsp3) is 0.0303. The Bertz CT molecular complexity index is 1810. The van der Waals surface area contributed by atoms with E-state index >= 15 is 0 Å². The maximum absolute atomic E-state index is 6.81. The highest BCUT2D eigenvalue weighted by Crippen LogP contribution is 2.48. The Morgan fingerprint density at radius 3 is 2.11 bits per heavy atom. The van der Waals surface area contributed by atoms with Crippen LogP contribution in [0.4, 0.5) is 28.4 Å². The van der Waals surface area contributed by atoms with Crippen LogP contribution in [0.2, 0.25) is 0 Å². The minimum Gasteiger partial charge on any atom is -0.466 e. The predicted octanol–water partition coefficient (Wildman–Crippen LogP) is 7.45. The molecule has 0 spiro atoms. The molecule has 2 aliphatic rings. The average molecular weight is 474 g/mol. The van der Waals surface area contributed by atoms with Gasteiger partial charge in [0.15, 0.2) is 0 Å². The molecule has 174 valence electrons. The minimum atomic E-state index is -0.0923. The van der Waals surface area contributed by atoms with Crippen LogP contribution in [0.1, 0.15) is 5.56 Å². The van der Waals surface area contributed by atoms with Gasteiger partial charge in [0.25, 0.3) is 0 Å². The van der Waals surface area contributed by atoms with Crippen molar-refractivity contribution in [1.29, 1.82) is 0 Å². The minimum absolute atomic E-state index is 0.0923. The molecule has 0 N–H and O–H groups in total. The van der Waals surface area contributed by atoms with Crippen LogP contribution in [0.3, 0.4) is 0 Å². The van der Waals surface area contributed by atoms with E-state index in [1.165, 1.54) is 33.5 Å². The first kappa shape index (κ1) is 20.5. The normalized spacial score (nSPS) is 13.4. The summed E-state index contributed by atoms with van der Waals surface area (Å²) in [5, 5.41) is 1.13. The van der Waals surface area contributed by atoms with Gasteiger partial charge in [-0.25, -0.2) is 0 Å². The number of para-hydroxylation sites is 4. The van der Waals surface area contributed by atoms with E-state index < -0.39 is 0 Å². The number of rotatable bonds is 2. The topological polar surface area (TPSA) is 19.6 Å². The molecule has 37 heavy (non-hydrogen) atoms. The summed E-state index contributed by atoms with van der Waals surface area (Å²) in [7, 11) is 0. The van der Waals surface area contributed by atoms with Crippen molar-refractivity contribution in [1.82, 2.24) is 0 Å². The highest BCUT2D eigenvalue weighted by atomic mass is 16.3. The van der Waals surface area contributed by atoms with Crippen molar-refractivity contribution in [3.05, 3.63) is 127 Å². The second-order valence-electron chi connectivity index (χ2n) is 9.85. The van der Waals surface area contributed by atoms with Gasteiger partial charge in [-0.3, -0.25) is 0 Å². The van der Waals surface area contributed by atoms with E-state index in [1.807, 2.05) is 0 Å².